The van der Waals surface area contributed by atoms with Gasteiger partial charge in [-0.25, -0.2) is 9.78 Å². The smallest absolute Gasteiger partial charge is 0.328 e. The van der Waals surface area contributed by atoms with E-state index in [2.05, 4.69) is 4.98 Å². The van der Waals surface area contributed by atoms with Gasteiger partial charge in [-0.1, -0.05) is 0 Å². The van der Waals surface area contributed by atoms with Crippen LogP contribution in [0.3, 0.4) is 0 Å². The average Bonchev–Trinajstić information content (AvgIpc) is 2.30. The summed E-state index contributed by atoms with van der Waals surface area (Å²) in [5, 5.41) is 17.8. The highest BCUT2D eigenvalue weighted by Gasteiger charge is 2.33. The van der Waals surface area contributed by atoms with Crippen LogP contribution in [-0.2, 0) is 4.79 Å². The molecule has 0 saturated carbocycles. The Morgan fingerprint density at radius 3 is 2.59 bits per heavy atom. The van der Waals surface area contributed by atoms with Crippen molar-refractivity contribution in [1.82, 2.24) is 4.98 Å². The number of carboxylic acids is 1. The number of rotatable bonds is 4. The number of hydrogen-bond donors (Lipinski definition) is 1. The van der Waals surface area contributed by atoms with Gasteiger partial charge in [0, 0.05) is 6.54 Å². The summed E-state index contributed by atoms with van der Waals surface area (Å²) >= 11 is 0. The van der Waals surface area contributed by atoms with Gasteiger partial charge in [-0.3, -0.25) is 0 Å². The van der Waals surface area contributed by atoms with Gasteiger partial charge in [-0.05, 0) is 32.9 Å². The average molecular weight is 233 g/mol. The van der Waals surface area contributed by atoms with Crippen molar-refractivity contribution in [2.45, 2.75) is 26.3 Å². The summed E-state index contributed by atoms with van der Waals surface area (Å²) in [4.78, 5) is 16.9. The maximum Gasteiger partial charge on any atom is 0.328 e. The highest BCUT2D eigenvalue weighted by molar-refractivity contribution is 5.82. The van der Waals surface area contributed by atoms with Crippen molar-refractivity contribution in [3.63, 3.8) is 0 Å². The molecule has 0 aliphatic rings. The molecule has 0 saturated heterocycles. The number of hydrogen-bond acceptors (Lipinski definition) is 4. The van der Waals surface area contributed by atoms with Crippen molar-refractivity contribution >= 4 is 11.7 Å². The molecule has 0 aromatic carbocycles. The minimum absolute atomic E-state index is 0.318. The maximum atomic E-state index is 11.2. The van der Waals surface area contributed by atoms with Gasteiger partial charge in [0.1, 0.15) is 17.3 Å². The molecule has 1 N–H and O–H groups in total. The van der Waals surface area contributed by atoms with E-state index >= 15 is 0 Å². The van der Waals surface area contributed by atoms with Crippen molar-refractivity contribution in [2.75, 3.05) is 11.4 Å². The first kappa shape index (κ1) is 13.0. The second kappa shape index (κ2) is 4.83. The fraction of sp³-hybridized carbons (Fsp3) is 0.417. The minimum atomic E-state index is -1.01. The number of likely N-dealkylation sites (N-methyl/N-ethyl adjacent to an activating group) is 1. The van der Waals surface area contributed by atoms with E-state index in [9.17, 15) is 9.90 Å². The predicted molar refractivity (Wildman–Crippen MR) is 63.7 cm³/mol. The van der Waals surface area contributed by atoms with Crippen LogP contribution in [0.5, 0.6) is 0 Å². The van der Waals surface area contributed by atoms with Crippen LogP contribution in [0.2, 0.25) is 0 Å². The first-order valence-corrected chi connectivity index (χ1v) is 5.30. The van der Waals surface area contributed by atoms with E-state index in [4.69, 9.17) is 5.26 Å². The number of anilines is 1. The van der Waals surface area contributed by atoms with Crippen molar-refractivity contribution in [3.8, 4) is 6.07 Å². The predicted octanol–water partition coefficient (Wildman–Crippen LogP) is 1.64. The molecule has 1 heterocycles. The Morgan fingerprint density at radius 2 is 2.24 bits per heavy atom. The third-order valence-electron chi connectivity index (χ3n) is 2.69. The maximum absolute atomic E-state index is 11.2. The molecule has 0 spiro atoms. The Hall–Kier alpha value is -2.09. The van der Waals surface area contributed by atoms with Gasteiger partial charge in [0.15, 0.2) is 0 Å². The lowest BCUT2D eigenvalue weighted by atomic mass is 10.0. The highest BCUT2D eigenvalue weighted by atomic mass is 16.4. The number of carbonyl (C=O) groups is 1. The van der Waals surface area contributed by atoms with Crippen LogP contribution in [0, 0.1) is 11.3 Å². The zero-order chi connectivity index (χ0) is 13.1. The Morgan fingerprint density at radius 1 is 1.59 bits per heavy atom. The van der Waals surface area contributed by atoms with Gasteiger partial charge < -0.3 is 10.0 Å². The largest absolute Gasteiger partial charge is 0.480 e. The van der Waals surface area contributed by atoms with E-state index in [0.717, 1.165) is 0 Å². The number of aliphatic carboxylic acids is 1. The summed E-state index contributed by atoms with van der Waals surface area (Å²) in [6, 6.07) is 5.21. The molecule has 90 valence electrons. The first-order valence-electron chi connectivity index (χ1n) is 5.30. The lowest BCUT2D eigenvalue weighted by molar-refractivity contribution is -0.142. The lowest BCUT2D eigenvalue weighted by Gasteiger charge is -2.35. The van der Waals surface area contributed by atoms with E-state index in [1.807, 2.05) is 13.0 Å². The topological polar surface area (TPSA) is 77.2 Å². The van der Waals surface area contributed by atoms with Crippen LogP contribution >= 0.6 is 0 Å². The number of carboxylic acid groups (broad SMARTS) is 1. The number of nitrogens with zero attached hydrogens (tertiary/aromatic N) is 3. The molecule has 1 rings (SSSR count). The van der Waals surface area contributed by atoms with Crippen LogP contribution in [0.4, 0.5) is 5.69 Å². The molecule has 0 aliphatic heterocycles. The summed E-state index contributed by atoms with van der Waals surface area (Å²) < 4.78 is 0. The summed E-state index contributed by atoms with van der Waals surface area (Å²) in [7, 11) is 0. The molecule has 5 nitrogen and oxygen atoms in total. The molecule has 0 atom stereocenters. The quantitative estimate of drug-likeness (QED) is 0.855. The zero-order valence-corrected chi connectivity index (χ0v) is 10.1. The van der Waals surface area contributed by atoms with E-state index in [1.54, 1.807) is 30.9 Å². The third-order valence-corrected chi connectivity index (χ3v) is 2.69. The molecular weight excluding hydrogens is 218 g/mol. The fourth-order valence-corrected chi connectivity index (χ4v) is 1.63. The van der Waals surface area contributed by atoms with E-state index < -0.39 is 11.5 Å². The van der Waals surface area contributed by atoms with Gasteiger partial charge >= 0.3 is 5.97 Å². The molecule has 0 unspecified atom stereocenters. The molecule has 0 amide bonds. The summed E-state index contributed by atoms with van der Waals surface area (Å²) in [5.41, 5.74) is 0.00162. The molecule has 1 aromatic rings. The molecule has 0 aliphatic carbocycles. The molecule has 0 bridgehead atoms. The van der Waals surface area contributed by atoms with Crippen molar-refractivity contribution in [1.29, 1.82) is 5.26 Å². The summed E-state index contributed by atoms with van der Waals surface area (Å²) in [6.07, 6.45) is 1.52. The number of nitriles is 1. The van der Waals surface area contributed by atoms with Crippen LogP contribution in [0.25, 0.3) is 0 Å². The molecule has 0 fully saturated rings. The van der Waals surface area contributed by atoms with Crippen molar-refractivity contribution < 1.29 is 9.90 Å². The van der Waals surface area contributed by atoms with Crippen molar-refractivity contribution in [3.05, 3.63) is 24.0 Å². The van der Waals surface area contributed by atoms with E-state index in [1.165, 1.54) is 6.20 Å². The standard InChI is InChI=1S/C12H15N3O2/c1-4-15(12(2,3)11(16)17)10-6-5-9(7-13)14-8-10/h5-6,8H,4H2,1-3H3,(H,16,17). The van der Waals surface area contributed by atoms with Gasteiger partial charge in [-0.2, -0.15) is 5.26 Å². The Labute approximate surface area is 100 Å². The van der Waals surface area contributed by atoms with Gasteiger partial charge in [0.25, 0.3) is 0 Å². The van der Waals surface area contributed by atoms with Crippen LogP contribution in [0.15, 0.2) is 18.3 Å². The monoisotopic (exact) mass is 233 g/mol. The lowest BCUT2D eigenvalue weighted by Crippen LogP contribution is -2.50. The molecule has 1 aromatic heterocycles. The second-order valence-electron chi connectivity index (χ2n) is 4.12. The fourth-order valence-electron chi connectivity index (χ4n) is 1.63. The normalized spacial score (nSPS) is 10.7. The van der Waals surface area contributed by atoms with Crippen LogP contribution in [0.1, 0.15) is 26.5 Å². The molecule has 17 heavy (non-hydrogen) atoms. The number of pyridine rings is 1. The zero-order valence-electron chi connectivity index (χ0n) is 10.1. The van der Waals surface area contributed by atoms with Crippen molar-refractivity contribution in [2.24, 2.45) is 0 Å². The molecular formula is C12H15N3O2. The number of aromatic nitrogens is 1. The molecule has 0 radical (unpaired) electrons. The Kier molecular flexibility index (Phi) is 3.69. The first-order chi connectivity index (χ1) is 7.93. The van der Waals surface area contributed by atoms with E-state index in [0.29, 0.717) is 17.9 Å². The summed E-state index contributed by atoms with van der Waals surface area (Å²) in [6.45, 7) is 5.70. The Balaban J connectivity index is 3.10. The Bertz CT molecular complexity index is 446. The van der Waals surface area contributed by atoms with Gasteiger partial charge in [-0.15, -0.1) is 0 Å². The van der Waals surface area contributed by atoms with Crippen LogP contribution in [-0.4, -0.2) is 28.1 Å². The second-order valence-corrected chi connectivity index (χ2v) is 4.12. The SMILES string of the molecule is CCN(c1ccc(C#N)nc1)C(C)(C)C(=O)O. The summed E-state index contributed by atoms with van der Waals surface area (Å²) in [5.74, 6) is -0.899. The van der Waals surface area contributed by atoms with Gasteiger partial charge in [0.2, 0.25) is 0 Å². The minimum Gasteiger partial charge on any atom is -0.480 e. The van der Waals surface area contributed by atoms with Gasteiger partial charge in [0.05, 0.1) is 11.9 Å². The molecule has 5 heteroatoms. The van der Waals surface area contributed by atoms with Crippen LogP contribution < -0.4 is 4.90 Å². The third kappa shape index (κ3) is 2.53. The van der Waals surface area contributed by atoms with E-state index in [-0.39, 0.29) is 0 Å². The highest BCUT2D eigenvalue weighted by Crippen LogP contribution is 2.23.